The Morgan fingerprint density at radius 3 is 2.73 bits per heavy atom. The Bertz CT molecular complexity index is 289. The highest BCUT2D eigenvalue weighted by Crippen LogP contribution is 2.15. The van der Waals surface area contributed by atoms with Gasteiger partial charge in [0.1, 0.15) is 0 Å². The van der Waals surface area contributed by atoms with E-state index in [1.54, 1.807) is 0 Å². The van der Waals surface area contributed by atoms with Crippen molar-refractivity contribution >= 4 is 29.9 Å². The molecule has 1 rings (SSSR count). The highest BCUT2D eigenvalue weighted by molar-refractivity contribution is 14.0. The second-order valence-corrected chi connectivity index (χ2v) is 5.56. The molecule has 1 aliphatic heterocycles. The van der Waals surface area contributed by atoms with Crippen molar-refractivity contribution in [2.75, 3.05) is 46.4 Å². The predicted octanol–water partition coefficient (Wildman–Crippen LogP) is 2.46. The van der Waals surface area contributed by atoms with Crippen molar-refractivity contribution in [3.63, 3.8) is 0 Å². The lowest BCUT2D eigenvalue weighted by molar-refractivity contribution is 0.143. The van der Waals surface area contributed by atoms with Gasteiger partial charge < -0.3 is 15.4 Å². The molecule has 0 aromatic rings. The number of halogens is 1. The number of likely N-dealkylation sites (tertiary alicyclic amines) is 1. The fourth-order valence-corrected chi connectivity index (χ4v) is 2.82. The number of aliphatic imine (C=N–C) groups is 1. The molecular formula is C16H35IN4O. The van der Waals surface area contributed by atoms with Crippen molar-refractivity contribution in [3.05, 3.63) is 0 Å². The van der Waals surface area contributed by atoms with E-state index < -0.39 is 0 Å². The van der Waals surface area contributed by atoms with Crippen molar-refractivity contribution in [1.29, 1.82) is 0 Å². The lowest BCUT2D eigenvalue weighted by Crippen LogP contribution is -2.49. The van der Waals surface area contributed by atoms with Gasteiger partial charge in [0.2, 0.25) is 0 Å². The van der Waals surface area contributed by atoms with Crippen LogP contribution in [0.5, 0.6) is 0 Å². The van der Waals surface area contributed by atoms with Crippen molar-refractivity contribution < 1.29 is 4.74 Å². The summed E-state index contributed by atoms with van der Waals surface area (Å²) in [7, 11) is 1.84. The topological polar surface area (TPSA) is 48.9 Å². The van der Waals surface area contributed by atoms with Crippen LogP contribution in [0.3, 0.4) is 0 Å². The maximum Gasteiger partial charge on any atom is 0.191 e. The monoisotopic (exact) mass is 426 g/mol. The second-order valence-electron chi connectivity index (χ2n) is 5.56. The number of hydrogen-bond acceptors (Lipinski definition) is 3. The van der Waals surface area contributed by atoms with Gasteiger partial charge in [-0.2, -0.15) is 0 Å². The molecule has 1 atom stereocenters. The molecule has 0 aromatic heterocycles. The van der Waals surface area contributed by atoms with Gasteiger partial charge in [-0.25, -0.2) is 0 Å². The Hall–Kier alpha value is -0.0800. The van der Waals surface area contributed by atoms with Crippen LogP contribution in [0.2, 0.25) is 0 Å². The summed E-state index contributed by atoms with van der Waals surface area (Å²) in [6, 6.07) is 0.653. The zero-order valence-corrected chi connectivity index (χ0v) is 16.9. The van der Waals surface area contributed by atoms with Gasteiger partial charge in [0, 0.05) is 39.4 Å². The Morgan fingerprint density at radius 1 is 1.23 bits per heavy atom. The molecule has 1 aliphatic rings. The molecule has 1 fully saturated rings. The fraction of sp³-hybridized carbons (Fsp3) is 0.938. The zero-order valence-electron chi connectivity index (χ0n) is 14.6. The number of hydrogen-bond donors (Lipinski definition) is 2. The van der Waals surface area contributed by atoms with Crippen LogP contribution < -0.4 is 10.6 Å². The fourth-order valence-electron chi connectivity index (χ4n) is 2.82. The highest BCUT2D eigenvalue weighted by atomic mass is 127. The molecular weight excluding hydrogens is 391 g/mol. The van der Waals surface area contributed by atoms with Gasteiger partial charge in [-0.1, -0.05) is 13.3 Å². The summed E-state index contributed by atoms with van der Waals surface area (Å²) >= 11 is 0. The molecule has 0 amide bonds. The Balaban J connectivity index is 0.00000441. The number of nitrogens with one attached hydrogen (secondary N) is 2. The first-order valence-electron chi connectivity index (χ1n) is 8.58. The molecule has 0 bridgehead atoms. The second kappa shape index (κ2) is 14.5. The Kier molecular flexibility index (Phi) is 14.5. The van der Waals surface area contributed by atoms with Crippen molar-refractivity contribution in [3.8, 4) is 0 Å². The zero-order chi connectivity index (χ0) is 15.3. The molecule has 1 saturated heterocycles. The molecule has 2 N–H and O–H groups in total. The normalized spacial score (nSPS) is 19.6. The van der Waals surface area contributed by atoms with Gasteiger partial charge in [-0.3, -0.25) is 9.89 Å². The third kappa shape index (κ3) is 9.15. The van der Waals surface area contributed by atoms with E-state index >= 15 is 0 Å². The molecule has 0 radical (unpaired) electrons. The van der Waals surface area contributed by atoms with Gasteiger partial charge in [0.05, 0.1) is 0 Å². The summed E-state index contributed by atoms with van der Waals surface area (Å²) in [5.41, 5.74) is 0. The van der Waals surface area contributed by atoms with Crippen LogP contribution in [0.1, 0.15) is 46.0 Å². The van der Waals surface area contributed by atoms with E-state index in [1.807, 2.05) is 14.0 Å². The summed E-state index contributed by atoms with van der Waals surface area (Å²) in [5, 5.41) is 6.86. The Labute approximate surface area is 153 Å². The minimum atomic E-state index is 0. The van der Waals surface area contributed by atoms with Crippen LogP contribution >= 0.6 is 24.0 Å². The van der Waals surface area contributed by atoms with E-state index in [0.29, 0.717) is 6.04 Å². The first-order valence-corrected chi connectivity index (χ1v) is 8.58. The van der Waals surface area contributed by atoms with E-state index in [9.17, 15) is 0 Å². The van der Waals surface area contributed by atoms with Gasteiger partial charge in [-0.05, 0) is 45.7 Å². The SMILES string of the molecule is CCOCCCCNC(=NC)NCC1CCCCN1CC.I. The van der Waals surface area contributed by atoms with Crippen molar-refractivity contribution in [2.45, 2.75) is 52.0 Å². The minimum Gasteiger partial charge on any atom is -0.382 e. The standard InChI is InChI=1S/C16H34N4O.HI/c1-4-20-12-8-6-10-15(20)14-19-16(17-3)18-11-7-9-13-21-5-2;/h15H,4-14H2,1-3H3,(H2,17,18,19);1H. The third-order valence-corrected chi connectivity index (χ3v) is 4.10. The number of rotatable bonds is 9. The average Bonchev–Trinajstić information content (AvgIpc) is 2.53. The molecule has 5 nitrogen and oxygen atoms in total. The summed E-state index contributed by atoms with van der Waals surface area (Å²) < 4.78 is 5.34. The van der Waals surface area contributed by atoms with E-state index in [1.165, 1.54) is 25.8 Å². The lowest BCUT2D eigenvalue weighted by Gasteiger charge is -2.35. The van der Waals surface area contributed by atoms with Crippen LogP contribution in [0.25, 0.3) is 0 Å². The van der Waals surface area contributed by atoms with E-state index in [0.717, 1.165) is 51.6 Å². The van der Waals surface area contributed by atoms with Crippen LogP contribution in [-0.4, -0.2) is 63.3 Å². The summed E-state index contributed by atoms with van der Waals surface area (Å²) in [6.07, 6.45) is 6.21. The largest absolute Gasteiger partial charge is 0.382 e. The summed E-state index contributed by atoms with van der Waals surface area (Å²) in [6.45, 7) is 10.3. The predicted molar refractivity (Wildman–Crippen MR) is 105 cm³/mol. The molecule has 0 aromatic carbocycles. The van der Waals surface area contributed by atoms with E-state index in [2.05, 4.69) is 27.4 Å². The molecule has 1 unspecified atom stereocenters. The Morgan fingerprint density at radius 2 is 2.05 bits per heavy atom. The molecule has 6 heteroatoms. The number of ether oxygens (including phenoxy) is 1. The van der Waals surface area contributed by atoms with Crippen molar-refractivity contribution in [2.24, 2.45) is 4.99 Å². The van der Waals surface area contributed by atoms with Gasteiger partial charge >= 0.3 is 0 Å². The van der Waals surface area contributed by atoms with E-state index in [-0.39, 0.29) is 24.0 Å². The number of nitrogens with zero attached hydrogens (tertiary/aromatic N) is 2. The van der Waals surface area contributed by atoms with Gasteiger partial charge in [-0.15, -0.1) is 24.0 Å². The van der Waals surface area contributed by atoms with Gasteiger partial charge in [0.15, 0.2) is 5.96 Å². The molecule has 0 aliphatic carbocycles. The molecule has 1 heterocycles. The summed E-state index contributed by atoms with van der Waals surface area (Å²) in [5.74, 6) is 0.924. The number of guanidine groups is 1. The number of unbranched alkanes of at least 4 members (excludes halogenated alkanes) is 1. The number of piperidine rings is 1. The average molecular weight is 426 g/mol. The number of likely N-dealkylation sites (N-methyl/N-ethyl adjacent to an activating group) is 1. The van der Waals surface area contributed by atoms with Crippen LogP contribution in [-0.2, 0) is 4.74 Å². The molecule has 0 spiro atoms. The highest BCUT2D eigenvalue weighted by Gasteiger charge is 2.20. The first-order chi connectivity index (χ1) is 10.3. The third-order valence-electron chi connectivity index (χ3n) is 4.10. The smallest absolute Gasteiger partial charge is 0.191 e. The molecule has 132 valence electrons. The maximum atomic E-state index is 5.34. The minimum absolute atomic E-state index is 0. The maximum absolute atomic E-state index is 5.34. The van der Waals surface area contributed by atoms with Crippen LogP contribution in [0.15, 0.2) is 4.99 Å². The quantitative estimate of drug-likeness (QED) is 0.258. The van der Waals surface area contributed by atoms with Crippen LogP contribution in [0.4, 0.5) is 0 Å². The van der Waals surface area contributed by atoms with E-state index in [4.69, 9.17) is 4.74 Å². The van der Waals surface area contributed by atoms with Crippen LogP contribution in [0, 0.1) is 0 Å². The molecule has 0 saturated carbocycles. The van der Waals surface area contributed by atoms with Crippen molar-refractivity contribution in [1.82, 2.24) is 15.5 Å². The summed E-state index contributed by atoms with van der Waals surface area (Å²) in [4.78, 5) is 6.88. The van der Waals surface area contributed by atoms with Gasteiger partial charge in [0.25, 0.3) is 0 Å². The first kappa shape index (κ1) is 21.9. The molecule has 22 heavy (non-hydrogen) atoms. The lowest BCUT2D eigenvalue weighted by atomic mass is 10.0.